The molecule has 2 rings (SSSR count). The van der Waals surface area contributed by atoms with Gasteiger partial charge in [0.2, 0.25) is 5.91 Å². The van der Waals surface area contributed by atoms with E-state index in [9.17, 15) is 9.59 Å². The number of carbonyl (C=O) groups is 2. The Hall–Kier alpha value is -2.08. The second-order valence-corrected chi connectivity index (χ2v) is 5.32. The average Bonchev–Trinajstić information content (AvgIpc) is 2.53. The maximum Gasteiger partial charge on any atom is 0.254 e. The second kappa shape index (κ2) is 6.58. The zero-order valence-corrected chi connectivity index (χ0v) is 12.7. The van der Waals surface area contributed by atoms with Crippen LogP contribution in [0, 0.1) is 0 Å². The van der Waals surface area contributed by atoms with Gasteiger partial charge in [0.05, 0.1) is 0 Å². The molecule has 6 heteroatoms. The van der Waals surface area contributed by atoms with Gasteiger partial charge < -0.3 is 20.4 Å². The number of amides is 2. The molecule has 1 unspecified atom stereocenters. The molecule has 21 heavy (non-hydrogen) atoms. The number of piperazine rings is 1. The van der Waals surface area contributed by atoms with E-state index < -0.39 is 0 Å². The van der Waals surface area contributed by atoms with E-state index in [1.54, 1.807) is 11.9 Å². The maximum absolute atomic E-state index is 12.6. The summed E-state index contributed by atoms with van der Waals surface area (Å²) in [6, 6.07) is 7.18. The molecule has 0 aliphatic carbocycles. The highest BCUT2D eigenvalue weighted by molar-refractivity contribution is 5.95. The largest absolute Gasteiger partial charge is 0.378 e. The van der Waals surface area contributed by atoms with Crippen LogP contribution < -0.4 is 15.5 Å². The van der Waals surface area contributed by atoms with Crippen molar-refractivity contribution in [2.45, 2.75) is 6.04 Å². The molecular weight excluding hydrogens is 268 g/mol. The predicted octanol–water partition coefficient (Wildman–Crippen LogP) is -0.0874. The Morgan fingerprint density at radius 1 is 1.38 bits per heavy atom. The van der Waals surface area contributed by atoms with Gasteiger partial charge in [0.1, 0.15) is 6.04 Å². The summed E-state index contributed by atoms with van der Waals surface area (Å²) in [5, 5.41) is 5.73. The highest BCUT2D eigenvalue weighted by atomic mass is 16.2. The molecule has 114 valence electrons. The summed E-state index contributed by atoms with van der Waals surface area (Å²) in [5.41, 5.74) is 1.64. The van der Waals surface area contributed by atoms with Crippen molar-refractivity contribution in [2.75, 3.05) is 45.7 Å². The molecule has 1 aliphatic heterocycles. The van der Waals surface area contributed by atoms with Gasteiger partial charge in [-0.25, -0.2) is 0 Å². The van der Waals surface area contributed by atoms with Crippen LogP contribution in [-0.2, 0) is 4.79 Å². The van der Waals surface area contributed by atoms with Crippen LogP contribution in [0.1, 0.15) is 10.4 Å². The van der Waals surface area contributed by atoms with Gasteiger partial charge in [0.25, 0.3) is 5.91 Å². The molecule has 1 aromatic carbocycles. The SMILES string of the molecule is CNC(=O)C1CN(C(=O)c2cccc(N(C)C)c2)CCN1. The van der Waals surface area contributed by atoms with Crippen molar-refractivity contribution >= 4 is 17.5 Å². The van der Waals surface area contributed by atoms with E-state index >= 15 is 0 Å². The van der Waals surface area contributed by atoms with Crippen molar-refractivity contribution < 1.29 is 9.59 Å². The third-order valence-corrected chi connectivity index (χ3v) is 3.64. The molecule has 0 bridgehead atoms. The van der Waals surface area contributed by atoms with Gasteiger partial charge >= 0.3 is 0 Å². The first-order valence-corrected chi connectivity index (χ1v) is 7.04. The number of likely N-dealkylation sites (N-methyl/N-ethyl adjacent to an activating group) is 1. The Morgan fingerprint density at radius 2 is 2.14 bits per heavy atom. The van der Waals surface area contributed by atoms with Crippen LogP contribution in [0.15, 0.2) is 24.3 Å². The first-order valence-electron chi connectivity index (χ1n) is 7.04. The lowest BCUT2D eigenvalue weighted by molar-refractivity contribution is -0.123. The van der Waals surface area contributed by atoms with E-state index in [4.69, 9.17) is 0 Å². The zero-order chi connectivity index (χ0) is 15.4. The lowest BCUT2D eigenvalue weighted by Gasteiger charge is -2.33. The Kier molecular flexibility index (Phi) is 4.80. The van der Waals surface area contributed by atoms with Crippen LogP contribution >= 0.6 is 0 Å². The molecule has 0 radical (unpaired) electrons. The van der Waals surface area contributed by atoms with E-state index in [1.165, 1.54) is 0 Å². The smallest absolute Gasteiger partial charge is 0.254 e. The quantitative estimate of drug-likeness (QED) is 0.817. The number of hydrogen-bond acceptors (Lipinski definition) is 4. The zero-order valence-electron chi connectivity index (χ0n) is 12.7. The number of nitrogens with zero attached hydrogens (tertiary/aromatic N) is 2. The second-order valence-electron chi connectivity index (χ2n) is 5.32. The molecule has 2 amide bonds. The summed E-state index contributed by atoms with van der Waals surface area (Å²) in [4.78, 5) is 28.0. The van der Waals surface area contributed by atoms with Gasteiger partial charge in [-0.05, 0) is 18.2 Å². The van der Waals surface area contributed by atoms with Crippen LogP contribution in [0.2, 0.25) is 0 Å². The highest BCUT2D eigenvalue weighted by Gasteiger charge is 2.27. The van der Waals surface area contributed by atoms with Crippen molar-refractivity contribution in [1.29, 1.82) is 0 Å². The fraction of sp³-hybridized carbons (Fsp3) is 0.467. The molecule has 1 fully saturated rings. The normalized spacial score (nSPS) is 18.2. The average molecular weight is 290 g/mol. The fourth-order valence-electron chi connectivity index (χ4n) is 2.38. The standard InChI is InChI=1S/C15H22N4O2/c1-16-14(20)13-10-19(8-7-17-13)15(21)11-5-4-6-12(9-11)18(2)3/h4-6,9,13,17H,7-8,10H2,1-3H3,(H,16,20). The van der Waals surface area contributed by atoms with Crippen LogP contribution in [0.4, 0.5) is 5.69 Å². The predicted molar refractivity (Wildman–Crippen MR) is 82.5 cm³/mol. The first-order chi connectivity index (χ1) is 10.0. The Bertz CT molecular complexity index is 530. The van der Waals surface area contributed by atoms with Crippen molar-refractivity contribution in [3.63, 3.8) is 0 Å². The van der Waals surface area contributed by atoms with Crippen molar-refractivity contribution in [3.05, 3.63) is 29.8 Å². The van der Waals surface area contributed by atoms with E-state index in [0.717, 1.165) is 5.69 Å². The number of carbonyl (C=O) groups excluding carboxylic acids is 2. The minimum Gasteiger partial charge on any atom is -0.378 e. The molecule has 0 saturated carbocycles. The molecule has 1 aromatic rings. The summed E-state index contributed by atoms with van der Waals surface area (Å²) in [6.45, 7) is 1.63. The molecule has 6 nitrogen and oxygen atoms in total. The van der Waals surface area contributed by atoms with Crippen molar-refractivity contribution in [2.24, 2.45) is 0 Å². The maximum atomic E-state index is 12.6. The van der Waals surface area contributed by atoms with Crippen LogP contribution in [0.5, 0.6) is 0 Å². The Morgan fingerprint density at radius 3 is 2.81 bits per heavy atom. The van der Waals surface area contributed by atoms with Crippen molar-refractivity contribution in [3.8, 4) is 0 Å². The third-order valence-electron chi connectivity index (χ3n) is 3.64. The molecule has 0 aromatic heterocycles. The number of nitrogens with one attached hydrogen (secondary N) is 2. The number of rotatable bonds is 3. The molecule has 2 N–H and O–H groups in total. The molecular formula is C15H22N4O2. The fourth-order valence-corrected chi connectivity index (χ4v) is 2.38. The van der Waals surface area contributed by atoms with Gasteiger partial charge in [-0.15, -0.1) is 0 Å². The summed E-state index contributed by atoms with van der Waals surface area (Å²) in [5.74, 6) is -0.122. The van der Waals surface area contributed by atoms with Gasteiger partial charge in [-0.2, -0.15) is 0 Å². The van der Waals surface area contributed by atoms with Crippen LogP contribution in [0.3, 0.4) is 0 Å². The first kappa shape index (κ1) is 15.3. The van der Waals surface area contributed by atoms with Gasteiger partial charge in [-0.3, -0.25) is 9.59 Å². The minimum absolute atomic E-state index is 0.0332. The lowest BCUT2D eigenvalue weighted by atomic mass is 10.1. The van der Waals surface area contributed by atoms with Crippen molar-refractivity contribution in [1.82, 2.24) is 15.5 Å². The van der Waals surface area contributed by atoms with E-state index in [-0.39, 0.29) is 17.9 Å². The highest BCUT2D eigenvalue weighted by Crippen LogP contribution is 2.16. The lowest BCUT2D eigenvalue weighted by Crippen LogP contribution is -2.57. The molecule has 0 spiro atoms. The molecule has 1 heterocycles. The van der Waals surface area contributed by atoms with Gasteiger partial charge in [0, 0.05) is 52.0 Å². The topological polar surface area (TPSA) is 64.7 Å². The molecule has 1 atom stereocenters. The van der Waals surface area contributed by atoms with E-state index in [2.05, 4.69) is 10.6 Å². The van der Waals surface area contributed by atoms with Crippen LogP contribution in [0.25, 0.3) is 0 Å². The number of hydrogen-bond donors (Lipinski definition) is 2. The summed E-state index contributed by atoms with van der Waals surface area (Å²) >= 11 is 0. The summed E-state index contributed by atoms with van der Waals surface area (Å²) in [6.07, 6.45) is 0. The number of benzene rings is 1. The monoisotopic (exact) mass is 290 g/mol. The van der Waals surface area contributed by atoms with E-state index in [0.29, 0.717) is 25.2 Å². The van der Waals surface area contributed by atoms with E-state index in [1.807, 2.05) is 43.3 Å². The summed E-state index contributed by atoms with van der Waals surface area (Å²) in [7, 11) is 5.48. The minimum atomic E-state index is -0.343. The molecule has 1 aliphatic rings. The summed E-state index contributed by atoms with van der Waals surface area (Å²) < 4.78 is 0. The Balaban J connectivity index is 2.12. The number of anilines is 1. The van der Waals surface area contributed by atoms with Gasteiger partial charge in [-0.1, -0.05) is 6.07 Å². The Labute approximate surface area is 125 Å². The van der Waals surface area contributed by atoms with Crippen LogP contribution in [-0.4, -0.2) is 63.5 Å². The third kappa shape index (κ3) is 3.52. The molecule has 1 saturated heterocycles. The van der Waals surface area contributed by atoms with Gasteiger partial charge in [0.15, 0.2) is 0 Å².